The number of rotatable bonds is 3. The monoisotopic (exact) mass is 237 g/mol. The van der Waals surface area contributed by atoms with Gasteiger partial charge in [0.2, 0.25) is 0 Å². The minimum atomic E-state index is -0.395. The second-order valence-electron chi connectivity index (χ2n) is 3.17. The van der Waals surface area contributed by atoms with Crippen molar-refractivity contribution in [2.75, 3.05) is 6.61 Å². The average Bonchev–Trinajstić information content (AvgIpc) is 2.85. The second-order valence-corrected chi connectivity index (χ2v) is 4.03. The fourth-order valence-electron chi connectivity index (χ4n) is 1.24. The molecule has 5 heteroatoms. The summed E-state index contributed by atoms with van der Waals surface area (Å²) in [5, 5.41) is 2.36. The number of hydrogen-bond donors (Lipinski definition) is 0. The first kappa shape index (κ1) is 10.9. The third-order valence-corrected chi connectivity index (χ3v) is 2.80. The Kier molecular flexibility index (Phi) is 3.05. The van der Waals surface area contributed by atoms with E-state index in [1.165, 1.54) is 11.3 Å². The molecule has 0 aromatic carbocycles. The van der Waals surface area contributed by atoms with Gasteiger partial charge in [-0.1, -0.05) is 0 Å². The molecule has 16 heavy (non-hydrogen) atoms. The summed E-state index contributed by atoms with van der Waals surface area (Å²) in [6.07, 6.45) is 0. The summed E-state index contributed by atoms with van der Waals surface area (Å²) in [7, 11) is 0. The molecular weight excluding hydrogens is 226 g/mol. The van der Waals surface area contributed by atoms with Gasteiger partial charge in [0.05, 0.1) is 6.61 Å². The highest BCUT2D eigenvalue weighted by Crippen LogP contribution is 2.25. The van der Waals surface area contributed by atoms with E-state index in [1.54, 1.807) is 12.3 Å². The first-order valence-corrected chi connectivity index (χ1v) is 5.78. The smallest absolute Gasteiger partial charge is 0.357 e. The van der Waals surface area contributed by atoms with Crippen LogP contribution in [-0.4, -0.2) is 17.6 Å². The number of carbonyl (C=O) groups is 1. The molecule has 0 aliphatic heterocycles. The number of nitrogens with zero attached hydrogens (tertiary/aromatic N) is 1. The Hall–Kier alpha value is -1.62. The highest BCUT2D eigenvalue weighted by atomic mass is 32.1. The van der Waals surface area contributed by atoms with Crippen molar-refractivity contribution in [1.82, 2.24) is 4.98 Å². The molecule has 0 saturated heterocycles. The normalized spacial score (nSPS) is 10.4. The van der Waals surface area contributed by atoms with E-state index in [0.717, 1.165) is 5.76 Å². The van der Waals surface area contributed by atoms with Crippen LogP contribution in [0.2, 0.25) is 0 Å². The topological polar surface area (TPSA) is 52.3 Å². The first-order chi connectivity index (χ1) is 7.70. The zero-order valence-electron chi connectivity index (χ0n) is 9.02. The predicted octanol–water partition coefficient (Wildman–Crippen LogP) is 2.89. The first-order valence-electron chi connectivity index (χ1n) is 4.90. The number of aromatic nitrogens is 1. The molecule has 0 atom stereocenters. The van der Waals surface area contributed by atoms with Gasteiger partial charge in [-0.05, 0) is 26.0 Å². The van der Waals surface area contributed by atoms with Crippen LogP contribution in [0.3, 0.4) is 0 Å². The Morgan fingerprint density at radius 1 is 1.56 bits per heavy atom. The van der Waals surface area contributed by atoms with Gasteiger partial charge in [-0.3, -0.25) is 0 Å². The number of thiazole rings is 1. The van der Waals surface area contributed by atoms with Gasteiger partial charge in [0.15, 0.2) is 16.5 Å². The van der Waals surface area contributed by atoms with E-state index >= 15 is 0 Å². The molecule has 0 saturated carbocycles. The van der Waals surface area contributed by atoms with Crippen LogP contribution in [0.5, 0.6) is 0 Å². The molecule has 0 aliphatic carbocycles. The van der Waals surface area contributed by atoms with Crippen LogP contribution in [0.1, 0.15) is 23.2 Å². The third-order valence-electron chi connectivity index (χ3n) is 1.94. The van der Waals surface area contributed by atoms with Crippen molar-refractivity contribution in [1.29, 1.82) is 0 Å². The van der Waals surface area contributed by atoms with Gasteiger partial charge in [0, 0.05) is 5.38 Å². The molecule has 0 bridgehead atoms. The number of ether oxygens (including phenoxy) is 1. The summed E-state index contributed by atoms with van der Waals surface area (Å²) in [5.74, 6) is 1.11. The molecule has 0 spiro atoms. The zero-order valence-corrected chi connectivity index (χ0v) is 9.84. The number of furan rings is 1. The van der Waals surface area contributed by atoms with Crippen LogP contribution in [0.15, 0.2) is 21.9 Å². The summed E-state index contributed by atoms with van der Waals surface area (Å²) in [4.78, 5) is 15.5. The van der Waals surface area contributed by atoms with Gasteiger partial charge in [-0.15, -0.1) is 11.3 Å². The molecule has 2 aromatic heterocycles. The maximum Gasteiger partial charge on any atom is 0.357 e. The molecule has 0 unspecified atom stereocenters. The lowest BCUT2D eigenvalue weighted by molar-refractivity contribution is 0.0520. The van der Waals surface area contributed by atoms with E-state index in [2.05, 4.69) is 4.98 Å². The zero-order chi connectivity index (χ0) is 11.5. The molecule has 84 valence electrons. The maximum atomic E-state index is 11.4. The van der Waals surface area contributed by atoms with Crippen molar-refractivity contribution in [3.63, 3.8) is 0 Å². The molecule has 2 rings (SSSR count). The van der Waals surface area contributed by atoms with Crippen molar-refractivity contribution in [3.8, 4) is 10.8 Å². The SMILES string of the molecule is CCOC(=O)c1csc(-c2ccc(C)o2)n1. The minimum Gasteiger partial charge on any atom is -0.461 e. The molecule has 0 radical (unpaired) electrons. The van der Waals surface area contributed by atoms with Gasteiger partial charge in [0.25, 0.3) is 0 Å². The number of carbonyl (C=O) groups excluding carboxylic acids is 1. The molecule has 2 aromatic rings. The number of hydrogen-bond acceptors (Lipinski definition) is 5. The van der Waals surface area contributed by atoms with Crippen molar-refractivity contribution < 1.29 is 13.9 Å². The van der Waals surface area contributed by atoms with Crippen molar-refractivity contribution in [2.45, 2.75) is 13.8 Å². The molecule has 0 amide bonds. The van der Waals surface area contributed by atoms with Gasteiger partial charge < -0.3 is 9.15 Å². The Bertz CT molecular complexity index is 501. The largest absolute Gasteiger partial charge is 0.461 e. The van der Waals surface area contributed by atoms with E-state index < -0.39 is 5.97 Å². The number of esters is 1. The Labute approximate surface area is 96.9 Å². The molecule has 2 heterocycles. The fourth-order valence-corrected chi connectivity index (χ4v) is 1.98. The quantitative estimate of drug-likeness (QED) is 0.770. The lowest BCUT2D eigenvalue weighted by Gasteiger charge is -1.95. The maximum absolute atomic E-state index is 11.4. The van der Waals surface area contributed by atoms with E-state index in [-0.39, 0.29) is 0 Å². The molecule has 4 nitrogen and oxygen atoms in total. The Balaban J connectivity index is 2.22. The van der Waals surface area contributed by atoms with E-state index in [9.17, 15) is 4.79 Å². The Morgan fingerprint density at radius 2 is 2.38 bits per heavy atom. The second kappa shape index (κ2) is 4.49. The van der Waals surface area contributed by atoms with E-state index in [4.69, 9.17) is 9.15 Å². The summed E-state index contributed by atoms with van der Waals surface area (Å²) in [5.41, 5.74) is 0.330. The summed E-state index contributed by atoms with van der Waals surface area (Å²) >= 11 is 1.36. The van der Waals surface area contributed by atoms with Crippen molar-refractivity contribution in [2.24, 2.45) is 0 Å². The minimum absolute atomic E-state index is 0.330. The van der Waals surface area contributed by atoms with E-state index in [0.29, 0.717) is 23.1 Å². The van der Waals surface area contributed by atoms with Crippen molar-refractivity contribution >= 4 is 17.3 Å². The predicted molar refractivity (Wildman–Crippen MR) is 60.5 cm³/mol. The lowest BCUT2D eigenvalue weighted by atomic mass is 10.4. The van der Waals surface area contributed by atoms with Gasteiger partial charge in [-0.2, -0.15) is 0 Å². The molecular formula is C11H11NO3S. The van der Waals surface area contributed by atoms with Crippen LogP contribution in [-0.2, 0) is 4.74 Å². The molecule has 0 N–H and O–H groups in total. The summed E-state index contributed by atoms with van der Waals surface area (Å²) in [6, 6.07) is 3.70. The van der Waals surface area contributed by atoms with Crippen LogP contribution < -0.4 is 0 Å². The summed E-state index contributed by atoms with van der Waals surface area (Å²) in [6.45, 7) is 3.98. The van der Waals surface area contributed by atoms with Crippen molar-refractivity contribution in [3.05, 3.63) is 29.0 Å². The van der Waals surface area contributed by atoms with Crippen LogP contribution in [0.4, 0.5) is 0 Å². The average molecular weight is 237 g/mol. The van der Waals surface area contributed by atoms with Crippen LogP contribution in [0, 0.1) is 6.92 Å². The Morgan fingerprint density at radius 3 is 3.00 bits per heavy atom. The van der Waals surface area contributed by atoms with Gasteiger partial charge >= 0.3 is 5.97 Å². The molecule has 0 aliphatic rings. The van der Waals surface area contributed by atoms with E-state index in [1.807, 2.05) is 19.1 Å². The van der Waals surface area contributed by atoms with Crippen LogP contribution >= 0.6 is 11.3 Å². The number of aryl methyl sites for hydroxylation is 1. The van der Waals surface area contributed by atoms with Crippen LogP contribution in [0.25, 0.3) is 10.8 Å². The highest BCUT2D eigenvalue weighted by molar-refractivity contribution is 7.13. The molecule has 0 fully saturated rings. The standard InChI is InChI=1S/C11H11NO3S/c1-3-14-11(13)8-6-16-10(12-8)9-5-4-7(2)15-9/h4-6H,3H2,1-2H3. The third kappa shape index (κ3) is 2.14. The summed E-state index contributed by atoms with van der Waals surface area (Å²) < 4.78 is 10.3. The highest BCUT2D eigenvalue weighted by Gasteiger charge is 2.14. The van der Waals surface area contributed by atoms with Gasteiger partial charge in [0.1, 0.15) is 5.76 Å². The lowest BCUT2D eigenvalue weighted by Crippen LogP contribution is -2.04. The van der Waals surface area contributed by atoms with Gasteiger partial charge in [-0.25, -0.2) is 9.78 Å². The fraction of sp³-hybridized carbons (Fsp3) is 0.273.